The van der Waals surface area contributed by atoms with Crippen LogP contribution in [0.15, 0.2) is 23.0 Å². The quantitative estimate of drug-likeness (QED) is 0.891. The maximum atomic E-state index is 12.4. The smallest absolute Gasteiger partial charge is 0.347 e. The molecule has 2 aromatic rings. The molecule has 1 N–H and O–H groups in total. The number of hydrogen-bond acceptors (Lipinski definition) is 3. The molecular weight excluding hydrogens is 365 g/mol. The van der Waals surface area contributed by atoms with Crippen molar-refractivity contribution in [2.45, 2.75) is 31.8 Å². The number of aryl methyl sites for hydroxylation is 1. The van der Waals surface area contributed by atoms with E-state index < -0.39 is 17.7 Å². The third-order valence-electron chi connectivity index (χ3n) is 3.67. The van der Waals surface area contributed by atoms with E-state index in [-0.39, 0.29) is 19.0 Å². The molecule has 124 valence electrons. The van der Waals surface area contributed by atoms with E-state index >= 15 is 0 Å². The molecule has 0 saturated heterocycles. The second-order valence-corrected chi connectivity index (χ2v) is 6.12. The molecule has 9 heteroatoms. The molecule has 3 rings (SSSR count). The van der Waals surface area contributed by atoms with Gasteiger partial charge in [0.15, 0.2) is 0 Å². The Morgan fingerprint density at radius 3 is 2.57 bits per heavy atom. The summed E-state index contributed by atoms with van der Waals surface area (Å²) < 4.78 is 2.54. The molecule has 1 aliphatic heterocycles. The first-order valence-corrected chi connectivity index (χ1v) is 7.57. The highest BCUT2D eigenvalue weighted by molar-refractivity contribution is 6.34. The van der Waals surface area contributed by atoms with Gasteiger partial charge in [0.05, 0.1) is 6.54 Å². The van der Waals surface area contributed by atoms with E-state index in [4.69, 9.17) is 23.2 Å². The van der Waals surface area contributed by atoms with Crippen LogP contribution in [-0.2, 0) is 17.8 Å². The molecule has 1 atom stereocenters. The summed E-state index contributed by atoms with van der Waals surface area (Å²) in [5.41, 5.74) is 0.320. The summed E-state index contributed by atoms with van der Waals surface area (Å²) in [6.07, 6.45) is 1.75. The van der Waals surface area contributed by atoms with Crippen LogP contribution in [0.1, 0.15) is 30.3 Å². The molecule has 0 spiro atoms. The van der Waals surface area contributed by atoms with Crippen LogP contribution in [0.2, 0.25) is 10.0 Å². The van der Waals surface area contributed by atoms with Crippen molar-refractivity contribution in [2.75, 3.05) is 0 Å². The molecular formula is C14H14Cl3N3O3. The van der Waals surface area contributed by atoms with Crippen molar-refractivity contribution in [3.05, 3.63) is 50.1 Å². The van der Waals surface area contributed by atoms with Gasteiger partial charge in [0.1, 0.15) is 11.9 Å². The average molecular weight is 379 g/mol. The molecule has 1 aromatic heterocycles. The van der Waals surface area contributed by atoms with Crippen molar-refractivity contribution in [3.8, 4) is 0 Å². The van der Waals surface area contributed by atoms with Crippen molar-refractivity contribution < 1.29 is 9.90 Å². The summed E-state index contributed by atoms with van der Waals surface area (Å²) in [5, 5.41) is 14.5. The number of hydrogen-bond donors (Lipinski definition) is 1. The Labute approximate surface area is 148 Å². The van der Waals surface area contributed by atoms with Gasteiger partial charge in [-0.2, -0.15) is 5.10 Å². The zero-order valence-electron chi connectivity index (χ0n) is 11.9. The van der Waals surface area contributed by atoms with Crippen molar-refractivity contribution in [1.82, 2.24) is 14.3 Å². The summed E-state index contributed by atoms with van der Waals surface area (Å²) in [6, 6.07) is 4.17. The first kappa shape index (κ1) is 17.8. The topological polar surface area (TPSA) is 77.1 Å². The summed E-state index contributed by atoms with van der Waals surface area (Å²) in [6.45, 7) is 0.200. The number of nitrogens with zero attached hydrogens (tertiary/aromatic N) is 3. The number of fused-ring (bicyclic) bond motifs is 1. The van der Waals surface area contributed by atoms with Gasteiger partial charge in [-0.3, -0.25) is 4.57 Å². The Morgan fingerprint density at radius 1 is 1.30 bits per heavy atom. The maximum absolute atomic E-state index is 12.4. The summed E-state index contributed by atoms with van der Waals surface area (Å²) in [7, 11) is 0. The van der Waals surface area contributed by atoms with E-state index in [0.29, 0.717) is 35.1 Å². The summed E-state index contributed by atoms with van der Waals surface area (Å²) >= 11 is 11.9. The lowest BCUT2D eigenvalue weighted by Crippen LogP contribution is -2.34. The van der Waals surface area contributed by atoms with Gasteiger partial charge in [-0.25, -0.2) is 14.3 Å². The van der Waals surface area contributed by atoms with Crippen LogP contribution in [0.3, 0.4) is 0 Å². The maximum Gasteiger partial charge on any atom is 0.347 e. The normalized spacial score (nSPS) is 16.5. The molecule has 0 saturated carbocycles. The van der Waals surface area contributed by atoms with Crippen molar-refractivity contribution in [3.63, 3.8) is 0 Å². The minimum Gasteiger partial charge on any atom is -0.480 e. The first-order valence-electron chi connectivity index (χ1n) is 6.81. The molecule has 0 aliphatic carbocycles. The highest BCUT2D eigenvalue weighted by Gasteiger charge is 2.30. The Balaban J connectivity index is 0.00000192. The van der Waals surface area contributed by atoms with Crippen LogP contribution in [0.25, 0.3) is 0 Å². The Bertz CT molecular complexity index is 780. The average Bonchev–Trinajstić information content (AvgIpc) is 2.74. The van der Waals surface area contributed by atoms with Crippen LogP contribution < -0.4 is 5.69 Å². The number of halogens is 3. The fourth-order valence-corrected chi connectivity index (χ4v) is 3.31. The zero-order chi connectivity index (χ0) is 15.9. The number of aromatic nitrogens is 3. The molecule has 1 unspecified atom stereocenters. The number of benzene rings is 1. The Kier molecular flexibility index (Phi) is 5.39. The lowest BCUT2D eigenvalue weighted by atomic mass is 10.1. The van der Waals surface area contributed by atoms with Gasteiger partial charge in [-0.05, 0) is 36.6 Å². The van der Waals surface area contributed by atoms with E-state index in [1.54, 1.807) is 18.2 Å². The second-order valence-electron chi connectivity index (χ2n) is 5.25. The first-order chi connectivity index (χ1) is 10.5. The molecule has 23 heavy (non-hydrogen) atoms. The van der Waals surface area contributed by atoms with E-state index in [0.717, 1.165) is 5.56 Å². The number of carboxylic acids is 1. The van der Waals surface area contributed by atoms with Crippen LogP contribution in [-0.4, -0.2) is 25.4 Å². The Hall–Kier alpha value is -1.50. The fourth-order valence-electron chi connectivity index (χ4n) is 2.74. The van der Waals surface area contributed by atoms with Gasteiger partial charge in [0, 0.05) is 16.5 Å². The Morgan fingerprint density at radius 2 is 1.96 bits per heavy atom. The molecule has 6 nitrogen and oxygen atoms in total. The van der Waals surface area contributed by atoms with E-state index in [1.807, 2.05) is 0 Å². The molecule has 0 amide bonds. The lowest BCUT2D eigenvalue weighted by Gasteiger charge is -2.19. The third-order valence-corrected chi connectivity index (χ3v) is 4.11. The van der Waals surface area contributed by atoms with Crippen molar-refractivity contribution >= 4 is 41.6 Å². The predicted octanol–water partition coefficient (Wildman–Crippen LogP) is 2.78. The fraction of sp³-hybridized carbons (Fsp3) is 0.357. The predicted molar refractivity (Wildman–Crippen MR) is 88.9 cm³/mol. The molecule has 0 bridgehead atoms. The van der Waals surface area contributed by atoms with E-state index in [1.165, 1.54) is 9.25 Å². The highest BCUT2D eigenvalue weighted by atomic mass is 35.5. The number of rotatable bonds is 3. The van der Waals surface area contributed by atoms with Gasteiger partial charge in [0.25, 0.3) is 0 Å². The van der Waals surface area contributed by atoms with Gasteiger partial charge in [0.2, 0.25) is 0 Å². The number of carbonyl (C=O) groups is 1. The molecule has 0 radical (unpaired) electrons. The van der Waals surface area contributed by atoms with Gasteiger partial charge >= 0.3 is 11.7 Å². The molecule has 1 aromatic carbocycles. The summed E-state index contributed by atoms with van der Waals surface area (Å²) in [4.78, 5) is 23.7. The van der Waals surface area contributed by atoms with Crippen molar-refractivity contribution in [1.29, 1.82) is 0 Å². The van der Waals surface area contributed by atoms with E-state index in [9.17, 15) is 14.7 Å². The standard InChI is InChI=1S/C14H13Cl2N3O3.ClH/c15-9-4-8(5-10(16)6-9)7-18-14(22)19-11(13(20)21)2-1-3-12(19)17-18;/h4-6,11H,1-3,7H2,(H,20,21);1H. The number of carboxylic acid groups (broad SMARTS) is 1. The SMILES string of the molecule is Cl.O=C(O)C1CCCc2nn(Cc3cc(Cl)cc(Cl)c3)c(=O)n21. The second kappa shape index (κ2) is 6.95. The minimum atomic E-state index is -1.01. The van der Waals surface area contributed by atoms with Crippen LogP contribution in [0.5, 0.6) is 0 Å². The lowest BCUT2D eigenvalue weighted by molar-refractivity contribution is -0.141. The van der Waals surface area contributed by atoms with Crippen molar-refractivity contribution in [2.24, 2.45) is 0 Å². The molecule has 2 heterocycles. The van der Waals surface area contributed by atoms with Crippen LogP contribution in [0, 0.1) is 0 Å². The zero-order valence-corrected chi connectivity index (χ0v) is 14.2. The van der Waals surface area contributed by atoms with Gasteiger partial charge < -0.3 is 5.11 Å². The molecule has 1 aliphatic rings. The van der Waals surface area contributed by atoms with Crippen LogP contribution in [0.4, 0.5) is 0 Å². The minimum absolute atomic E-state index is 0. The van der Waals surface area contributed by atoms with E-state index in [2.05, 4.69) is 5.10 Å². The van der Waals surface area contributed by atoms with Crippen LogP contribution >= 0.6 is 35.6 Å². The largest absolute Gasteiger partial charge is 0.480 e. The molecule has 0 fully saturated rings. The number of aliphatic carboxylic acids is 1. The van der Waals surface area contributed by atoms with Gasteiger partial charge in [-0.15, -0.1) is 12.4 Å². The summed E-state index contributed by atoms with van der Waals surface area (Å²) in [5.74, 6) is -0.495. The third kappa shape index (κ3) is 3.54. The monoisotopic (exact) mass is 377 g/mol. The van der Waals surface area contributed by atoms with Gasteiger partial charge in [-0.1, -0.05) is 23.2 Å². The highest BCUT2D eigenvalue weighted by Crippen LogP contribution is 2.23.